The molecule has 0 aliphatic rings. The van der Waals surface area contributed by atoms with Gasteiger partial charge in [0.05, 0.1) is 25.2 Å². The van der Waals surface area contributed by atoms with Gasteiger partial charge in [-0.3, -0.25) is 4.79 Å². The number of aliphatic hydroxyl groups excluding tert-OH is 1. The lowest BCUT2D eigenvalue weighted by molar-refractivity contribution is -0.127. The molecule has 0 heterocycles. The molecule has 0 aliphatic carbocycles. The number of carbonyl (C=O) groups excluding carboxylic acids is 1. The summed E-state index contributed by atoms with van der Waals surface area (Å²) in [5.74, 6) is -0.340. The lowest BCUT2D eigenvalue weighted by atomic mass is 10.1. The van der Waals surface area contributed by atoms with Crippen LogP contribution < -0.4 is 5.32 Å². The van der Waals surface area contributed by atoms with E-state index in [4.69, 9.17) is 4.74 Å². The average molecular weight is 237 g/mol. The van der Waals surface area contributed by atoms with E-state index >= 15 is 0 Å². The minimum Gasteiger partial charge on any atom is -0.394 e. The number of ether oxygens (including phenoxy) is 1. The molecule has 0 spiro atoms. The number of rotatable bonds is 6. The van der Waals surface area contributed by atoms with Gasteiger partial charge in [-0.25, -0.2) is 0 Å². The second-order valence-corrected chi connectivity index (χ2v) is 4.01. The maximum absolute atomic E-state index is 11.8. The molecule has 1 amide bonds. The number of hydrogen-bond acceptors (Lipinski definition) is 3. The second-order valence-electron chi connectivity index (χ2n) is 4.01. The third-order valence-electron chi connectivity index (χ3n) is 2.57. The van der Waals surface area contributed by atoms with Crippen molar-refractivity contribution in [3.8, 4) is 0 Å². The standard InChI is InChI=1S/C13H19NO3/c1-10(9-17-2)13(16)14-12(8-15)11-6-4-3-5-7-11/h3-7,10,12,15H,8-9H2,1-2H3,(H,14,16)/t10-,12-/m0/s1. The maximum Gasteiger partial charge on any atom is 0.225 e. The quantitative estimate of drug-likeness (QED) is 0.779. The van der Waals surface area contributed by atoms with Gasteiger partial charge in [0.1, 0.15) is 0 Å². The first-order valence-electron chi connectivity index (χ1n) is 5.64. The van der Waals surface area contributed by atoms with Gasteiger partial charge in [-0.2, -0.15) is 0 Å². The summed E-state index contributed by atoms with van der Waals surface area (Å²) in [6.45, 7) is 2.05. The number of nitrogens with one attached hydrogen (secondary N) is 1. The van der Waals surface area contributed by atoms with Crippen molar-refractivity contribution in [2.75, 3.05) is 20.3 Å². The summed E-state index contributed by atoms with van der Waals surface area (Å²) in [5, 5.41) is 12.1. The maximum atomic E-state index is 11.8. The summed E-state index contributed by atoms with van der Waals surface area (Å²) < 4.78 is 4.92. The Bertz CT molecular complexity index is 340. The normalized spacial score (nSPS) is 14.1. The number of benzene rings is 1. The average Bonchev–Trinajstić information content (AvgIpc) is 2.37. The number of carbonyl (C=O) groups is 1. The van der Waals surface area contributed by atoms with Crippen LogP contribution in [-0.4, -0.2) is 31.3 Å². The Kier molecular flexibility index (Phi) is 5.66. The van der Waals surface area contributed by atoms with Gasteiger partial charge >= 0.3 is 0 Å². The lowest BCUT2D eigenvalue weighted by Gasteiger charge is -2.19. The Hall–Kier alpha value is -1.39. The minimum absolute atomic E-state index is 0.116. The molecule has 0 bridgehead atoms. The highest BCUT2D eigenvalue weighted by Crippen LogP contribution is 2.12. The zero-order chi connectivity index (χ0) is 12.7. The Labute approximate surface area is 102 Å². The third-order valence-corrected chi connectivity index (χ3v) is 2.57. The first kappa shape index (κ1) is 13.7. The fraction of sp³-hybridized carbons (Fsp3) is 0.462. The van der Waals surface area contributed by atoms with Crippen LogP contribution >= 0.6 is 0 Å². The van der Waals surface area contributed by atoms with Crippen molar-refractivity contribution in [3.05, 3.63) is 35.9 Å². The lowest BCUT2D eigenvalue weighted by Crippen LogP contribution is -2.36. The van der Waals surface area contributed by atoms with Gasteiger partial charge in [-0.05, 0) is 5.56 Å². The van der Waals surface area contributed by atoms with Gasteiger partial charge < -0.3 is 15.2 Å². The van der Waals surface area contributed by atoms with E-state index < -0.39 is 0 Å². The molecule has 0 saturated heterocycles. The van der Waals surface area contributed by atoms with E-state index in [-0.39, 0.29) is 24.5 Å². The summed E-state index contributed by atoms with van der Waals surface area (Å²) in [4.78, 5) is 11.8. The summed E-state index contributed by atoms with van der Waals surface area (Å²) in [6.07, 6.45) is 0. The summed E-state index contributed by atoms with van der Waals surface area (Å²) in [6, 6.07) is 9.05. The molecule has 4 nitrogen and oxygen atoms in total. The Balaban J connectivity index is 2.62. The molecule has 0 saturated carbocycles. The Morgan fingerprint density at radius 1 is 1.41 bits per heavy atom. The topological polar surface area (TPSA) is 58.6 Å². The minimum atomic E-state index is -0.358. The first-order valence-corrected chi connectivity index (χ1v) is 5.64. The summed E-state index contributed by atoms with van der Waals surface area (Å²) in [7, 11) is 1.56. The zero-order valence-electron chi connectivity index (χ0n) is 10.2. The van der Waals surface area contributed by atoms with Crippen molar-refractivity contribution in [2.24, 2.45) is 5.92 Å². The van der Waals surface area contributed by atoms with Crippen LogP contribution in [0.2, 0.25) is 0 Å². The molecule has 0 unspecified atom stereocenters. The van der Waals surface area contributed by atoms with E-state index in [0.717, 1.165) is 5.56 Å². The molecule has 4 heteroatoms. The number of aliphatic hydroxyl groups is 1. The molecule has 0 aliphatic heterocycles. The van der Waals surface area contributed by atoms with Crippen LogP contribution in [0.5, 0.6) is 0 Å². The largest absolute Gasteiger partial charge is 0.394 e. The monoisotopic (exact) mass is 237 g/mol. The van der Waals surface area contributed by atoms with Crippen LogP contribution in [0.15, 0.2) is 30.3 Å². The van der Waals surface area contributed by atoms with E-state index in [2.05, 4.69) is 5.32 Å². The zero-order valence-corrected chi connectivity index (χ0v) is 10.2. The van der Waals surface area contributed by atoms with Gasteiger partial charge in [0, 0.05) is 7.11 Å². The van der Waals surface area contributed by atoms with Crippen molar-refractivity contribution in [1.82, 2.24) is 5.32 Å². The molecule has 2 atom stereocenters. The van der Waals surface area contributed by atoms with E-state index in [0.29, 0.717) is 6.61 Å². The first-order chi connectivity index (χ1) is 8.19. The smallest absolute Gasteiger partial charge is 0.225 e. The molecule has 0 aromatic heterocycles. The van der Waals surface area contributed by atoms with Crippen LogP contribution in [0.3, 0.4) is 0 Å². The molecule has 1 aromatic rings. The van der Waals surface area contributed by atoms with E-state index in [1.54, 1.807) is 14.0 Å². The van der Waals surface area contributed by atoms with Crippen molar-refractivity contribution in [2.45, 2.75) is 13.0 Å². The highest BCUT2D eigenvalue weighted by molar-refractivity contribution is 5.78. The van der Waals surface area contributed by atoms with Gasteiger partial charge in [-0.1, -0.05) is 37.3 Å². The second kappa shape index (κ2) is 7.04. The molecular weight excluding hydrogens is 218 g/mol. The van der Waals surface area contributed by atoms with Gasteiger partial charge in [0.25, 0.3) is 0 Å². The number of methoxy groups -OCH3 is 1. The molecule has 0 fully saturated rings. The third kappa shape index (κ3) is 4.17. The van der Waals surface area contributed by atoms with E-state index in [9.17, 15) is 9.90 Å². The molecule has 0 radical (unpaired) electrons. The summed E-state index contributed by atoms with van der Waals surface area (Å²) in [5.41, 5.74) is 0.896. The van der Waals surface area contributed by atoms with E-state index in [1.807, 2.05) is 30.3 Å². The van der Waals surface area contributed by atoms with Crippen LogP contribution in [0.25, 0.3) is 0 Å². The SMILES string of the molecule is COC[C@H](C)C(=O)N[C@@H](CO)c1ccccc1. The number of amides is 1. The van der Waals surface area contributed by atoms with E-state index in [1.165, 1.54) is 0 Å². The molecular formula is C13H19NO3. The number of hydrogen-bond donors (Lipinski definition) is 2. The fourth-order valence-corrected chi connectivity index (χ4v) is 1.56. The van der Waals surface area contributed by atoms with Crippen LogP contribution in [0.4, 0.5) is 0 Å². The highest BCUT2D eigenvalue weighted by Gasteiger charge is 2.17. The molecule has 2 N–H and O–H groups in total. The molecule has 1 aromatic carbocycles. The van der Waals surface area contributed by atoms with Crippen LogP contribution in [0, 0.1) is 5.92 Å². The van der Waals surface area contributed by atoms with Crippen molar-refractivity contribution >= 4 is 5.91 Å². The fourth-order valence-electron chi connectivity index (χ4n) is 1.56. The van der Waals surface area contributed by atoms with Crippen molar-refractivity contribution in [3.63, 3.8) is 0 Å². The predicted octanol–water partition coefficient (Wildman–Crippen LogP) is 1.12. The van der Waals surface area contributed by atoms with Crippen molar-refractivity contribution < 1.29 is 14.6 Å². The highest BCUT2D eigenvalue weighted by atomic mass is 16.5. The van der Waals surface area contributed by atoms with Gasteiger partial charge in [0.2, 0.25) is 5.91 Å². The Morgan fingerprint density at radius 3 is 2.59 bits per heavy atom. The predicted molar refractivity (Wildman–Crippen MR) is 65.5 cm³/mol. The molecule has 17 heavy (non-hydrogen) atoms. The van der Waals surface area contributed by atoms with Gasteiger partial charge in [0.15, 0.2) is 0 Å². The summed E-state index contributed by atoms with van der Waals surface area (Å²) >= 11 is 0. The molecule has 1 rings (SSSR count). The van der Waals surface area contributed by atoms with Gasteiger partial charge in [-0.15, -0.1) is 0 Å². The molecule has 94 valence electrons. The van der Waals surface area contributed by atoms with Crippen molar-refractivity contribution in [1.29, 1.82) is 0 Å². The van der Waals surface area contributed by atoms with Crippen LogP contribution in [-0.2, 0) is 9.53 Å². The van der Waals surface area contributed by atoms with Crippen LogP contribution in [0.1, 0.15) is 18.5 Å². The Morgan fingerprint density at radius 2 is 2.06 bits per heavy atom.